The molecule has 2 aliphatic heterocycles. The second-order valence-electron chi connectivity index (χ2n) is 10.3. The van der Waals surface area contributed by atoms with Crippen LogP contribution in [0.4, 0.5) is 5.69 Å². The minimum absolute atomic E-state index is 0.0108. The first-order valence-corrected chi connectivity index (χ1v) is 12.5. The van der Waals surface area contributed by atoms with Crippen LogP contribution in [0.25, 0.3) is 0 Å². The molecule has 2 heterocycles. The SMILES string of the molecule is NC1Nc2cc(OCCCN3Cc4ccccc4C3)c(OCC3CC3)cc2C12CCCC2. The quantitative estimate of drug-likeness (QED) is 0.587. The molecule has 3 N–H and O–H groups in total. The van der Waals surface area contributed by atoms with Gasteiger partial charge in [0.25, 0.3) is 0 Å². The molecule has 0 radical (unpaired) electrons. The molecule has 1 unspecified atom stereocenters. The first-order chi connectivity index (χ1) is 15.7. The third-order valence-corrected chi connectivity index (χ3v) is 7.98. The van der Waals surface area contributed by atoms with Crippen LogP contribution >= 0.6 is 0 Å². The highest BCUT2D eigenvalue weighted by Crippen LogP contribution is 2.53. The second-order valence-corrected chi connectivity index (χ2v) is 10.3. The van der Waals surface area contributed by atoms with Crippen LogP contribution in [0.15, 0.2) is 36.4 Å². The Hall–Kier alpha value is -2.24. The van der Waals surface area contributed by atoms with Gasteiger partial charge in [-0.2, -0.15) is 0 Å². The lowest BCUT2D eigenvalue weighted by molar-refractivity contribution is 0.226. The van der Waals surface area contributed by atoms with E-state index >= 15 is 0 Å². The number of benzene rings is 2. The van der Waals surface area contributed by atoms with E-state index < -0.39 is 0 Å². The first kappa shape index (κ1) is 20.4. The predicted octanol–water partition coefficient (Wildman–Crippen LogP) is 4.78. The van der Waals surface area contributed by atoms with E-state index in [9.17, 15) is 0 Å². The smallest absolute Gasteiger partial charge is 0.163 e. The number of ether oxygens (including phenoxy) is 2. The molecule has 6 rings (SSSR count). The van der Waals surface area contributed by atoms with E-state index in [-0.39, 0.29) is 11.6 Å². The van der Waals surface area contributed by atoms with Crippen LogP contribution < -0.4 is 20.5 Å². The lowest BCUT2D eigenvalue weighted by atomic mass is 9.78. The maximum absolute atomic E-state index is 6.59. The van der Waals surface area contributed by atoms with Crippen molar-refractivity contribution in [2.75, 3.05) is 25.1 Å². The Bertz CT molecular complexity index is 956. The van der Waals surface area contributed by atoms with Gasteiger partial charge in [0.05, 0.1) is 19.4 Å². The highest BCUT2D eigenvalue weighted by Gasteiger charge is 2.47. The van der Waals surface area contributed by atoms with Crippen molar-refractivity contribution >= 4 is 5.69 Å². The molecule has 2 saturated carbocycles. The van der Waals surface area contributed by atoms with Gasteiger partial charge in [0, 0.05) is 36.8 Å². The lowest BCUT2D eigenvalue weighted by Crippen LogP contribution is -2.43. The monoisotopic (exact) mass is 433 g/mol. The van der Waals surface area contributed by atoms with E-state index in [1.165, 1.54) is 42.4 Å². The summed E-state index contributed by atoms with van der Waals surface area (Å²) in [5, 5.41) is 3.55. The topological polar surface area (TPSA) is 59.8 Å². The Morgan fingerprint density at radius 1 is 1.00 bits per heavy atom. The van der Waals surface area contributed by atoms with Crippen molar-refractivity contribution < 1.29 is 9.47 Å². The van der Waals surface area contributed by atoms with Crippen LogP contribution in [0.1, 0.15) is 61.6 Å². The van der Waals surface area contributed by atoms with Gasteiger partial charge in [0.1, 0.15) is 0 Å². The van der Waals surface area contributed by atoms with Crippen molar-refractivity contribution in [1.29, 1.82) is 0 Å². The van der Waals surface area contributed by atoms with Crippen LogP contribution in [0.5, 0.6) is 11.5 Å². The number of anilines is 1. The minimum atomic E-state index is -0.0108. The zero-order valence-electron chi connectivity index (χ0n) is 18.9. The number of nitrogens with zero attached hydrogens (tertiary/aromatic N) is 1. The summed E-state index contributed by atoms with van der Waals surface area (Å²) in [6.45, 7) is 4.64. The molecular weight excluding hydrogens is 398 g/mol. The second kappa shape index (κ2) is 8.27. The molecule has 0 saturated heterocycles. The van der Waals surface area contributed by atoms with Gasteiger partial charge in [-0.05, 0) is 60.8 Å². The Morgan fingerprint density at radius 2 is 1.72 bits per heavy atom. The summed E-state index contributed by atoms with van der Waals surface area (Å²) >= 11 is 0. The number of nitrogens with two attached hydrogens (primary N) is 1. The normalized spacial score (nSPS) is 23.2. The molecule has 2 fully saturated rings. The summed E-state index contributed by atoms with van der Waals surface area (Å²) in [5.74, 6) is 2.49. The van der Waals surface area contributed by atoms with Crippen molar-refractivity contribution in [1.82, 2.24) is 4.90 Å². The molecule has 2 aromatic rings. The number of fused-ring (bicyclic) bond motifs is 3. The standard InChI is InChI=1S/C27H35N3O2/c28-26-27(10-3-4-11-27)22-14-24(32-18-19-8-9-19)25(15-23(22)29-26)31-13-5-12-30-16-20-6-1-2-7-21(20)17-30/h1-2,6-7,14-15,19,26,29H,3-5,8-13,16-18,28H2. The highest BCUT2D eigenvalue weighted by molar-refractivity contribution is 5.68. The Morgan fingerprint density at radius 3 is 2.44 bits per heavy atom. The van der Waals surface area contributed by atoms with Crippen LogP contribution in [0, 0.1) is 5.92 Å². The maximum Gasteiger partial charge on any atom is 0.163 e. The fourth-order valence-corrected chi connectivity index (χ4v) is 5.90. The molecule has 2 aliphatic carbocycles. The van der Waals surface area contributed by atoms with E-state index in [2.05, 4.69) is 46.6 Å². The highest BCUT2D eigenvalue weighted by atomic mass is 16.5. The van der Waals surface area contributed by atoms with Gasteiger partial charge >= 0.3 is 0 Å². The molecule has 170 valence electrons. The fourth-order valence-electron chi connectivity index (χ4n) is 5.90. The van der Waals surface area contributed by atoms with Gasteiger partial charge in [-0.3, -0.25) is 4.90 Å². The molecule has 1 spiro atoms. The molecule has 5 nitrogen and oxygen atoms in total. The largest absolute Gasteiger partial charge is 0.490 e. The van der Waals surface area contributed by atoms with Gasteiger partial charge in [-0.25, -0.2) is 0 Å². The molecular formula is C27H35N3O2. The lowest BCUT2D eigenvalue weighted by Gasteiger charge is -2.28. The van der Waals surface area contributed by atoms with Crippen molar-refractivity contribution in [3.05, 3.63) is 53.1 Å². The minimum Gasteiger partial charge on any atom is -0.490 e. The third kappa shape index (κ3) is 3.75. The van der Waals surface area contributed by atoms with Crippen LogP contribution in [-0.2, 0) is 18.5 Å². The fraction of sp³-hybridized carbons (Fsp3) is 0.556. The number of rotatable bonds is 8. The summed E-state index contributed by atoms with van der Waals surface area (Å²) in [6, 6.07) is 13.2. The van der Waals surface area contributed by atoms with Crippen molar-refractivity contribution in [3.8, 4) is 11.5 Å². The van der Waals surface area contributed by atoms with Gasteiger partial charge in [-0.1, -0.05) is 37.1 Å². The average Bonchev–Trinajstić information content (AvgIpc) is 3.23. The zero-order valence-corrected chi connectivity index (χ0v) is 18.9. The van der Waals surface area contributed by atoms with Crippen molar-refractivity contribution in [2.24, 2.45) is 11.7 Å². The molecule has 32 heavy (non-hydrogen) atoms. The number of nitrogens with one attached hydrogen (secondary N) is 1. The average molecular weight is 434 g/mol. The molecule has 0 aromatic heterocycles. The van der Waals surface area contributed by atoms with E-state index in [1.54, 1.807) is 0 Å². The summed E-state index contributed by atoms with van der Waals surface area (Å²) in [6.07, 6.45) is 8.40. The molecule has 2 aromatic carbocycles. The van der Waals surface area contributed by atoms with E-state index in [0.717, 1.165) is 62.7 Å². The summed E-state index contributed by atoms with van der Waals surface area (Å²) in [4.78, 5) is 2.51. The van der Waals surface area contributed by atoms with Crippen molar-refractivity contribution in [2.45, 2.75) is 69.6 Å². The molecule has 0 amide bonds. The van der Waals surface area contributed by atoms with Gasteiger partial charge in [-0.15, -0.1) is 0 Å². The third-order valence-electron chi connectivity index (χ3n) is 7.98. The summed E-state index contributed by atoms with van der Waals surface area (Å²) < 4.78 is 12.6. The predicted molar refractivity (Wildman–Crippen MR) is 127 cm³/mol. The van der Waals surface area contributed by atoms with E-state index in [0.29, 0.717) is 12.5 Å². The van der Waals surface area contributed by atoms with Crippen LogP contribution in [0.2, 0.25) is 0 Å². The maximum atomic E-state index is 6.59. The summed E-state index contributed by atoms with van der Waals surface area (Å²) in [5.41, 5.74) is 12.1. The molecule has 0 bridgehead atoms. The Labute approximate surface area is 191 Å². The van der Waals surface area contributed by atoms with Crippen LogP contribution in [0.3, 0.4) is 0 Å². The first-order valence-electron chi connectivity index (χ1n) is 12.5. The van der Waals surface area contributed by atoms with E-state index in [1.807, 2.05) is 0 Å². The van der Waals surface area contributed by atoms with Gasteiger partial charge in [0.2, 0.25) is 0 Å². The number of hydrogen-bond acceptors (Lipinski definition) is 5. The summed E-state index contributed by atoms with van der Waals surface area (Å²) in [7, 11) is 0. The zero-order chi connectivity index (χ0) is 21.5. The van der Waals surface area contributed by atoms with E-state index in [4.69, 9.17) is 15.2 Å². The molecule has 1 atom stereocenters. The van der Waals surface area contributed by atoms with Gasteiger partial charge < -0.3 is 20.5 Å². The Kier molecular flexibility index (Phi) is 5.27. The molecule has 4 aliphatic rings. The molecule has 5 heteroatoms. The van der Waals surface area contributed by atoms with Crippen LogP contribution in [-0.4, -0.2) is 30.8 Å². The van der Waals surface area contributed by atoms with Gasteiger partial charge in [0.15, 0.2) is 11.5 Å². The Balaban J connectivity index is 1.13. The van der Waals surface area contributed by atoms with Crippen molar-refractivity contribution in [3.63, 3.8) is 0 Å². The number of hydrogen-bond donors (Lipinski definition) is 2.